The number of ether oxygens (including phenoxy) is 1. The number of likely N-dealkylation sites (N-methyl/N-ethyl adjacent to an activating group) is 1. The Bertz CT molecular complexity index is 674. The van der Waals surface area contributed by atoms with Crippen LogP contribution in [0.2, 0.25) is 0 Å². The molecular weight excluding hydrogens is 244 g/mol. The van der Waals surface area contributed by atoms with E-state index in [1.807, 2.05) is 18.2 Å². The number of methoxy groups -OCH3 is 1. The number of nitrogens with zero attached hydrogens (tertiary/aromatic N) is 1. The van der Waals surface area contributed by atoms with Crippen molar-refractivity contribution in [3.05, 3.63) is 30.0 Å². The number of amides is 2. The van der Waals surface area contributed by atoms with Gasteiger partial charge in [-0.15, -0.1) is 0 Å². The van der Waals surface area contributed by atoms with Crippen LogP contribution < -0.4 is 4.74 Å². The zero-order valence-corrected chi connectivity index (χ0v) is 10.8. The number of carbonyl (C=O) groups is 2. The maximum atomic E-state index is 12.1. The molecule has 98 valence electrons. The minimum atomic E-state index is -0.390. The zero-order chi connectivity index (χ0) is 13.6. The molecule has 0 aliphatic carbocycles. The van der Waals surface area contributed by atoms with E-state index in [9.17, 15) is 9.59 Å². The fraction of sp³-hybridized carbons (Fsp3) is 0.286. The Morgan fingerprint density at radius 1 is 1.37 bits per heavy atom. The van der Waals surface area contributed by atoms with Crippen molar-refractivity contribution in [2.45, 2.75) is 12.3 Å². The summed E-state index contributed by atoms with van der Waals surface area (Å²) in [4.78, 5) is 28.0. The van der Waals surface area contributed by atoms with Gasteiger partial charge in [0, 0.05) is 30.6 Å². The second-order valence-electron chi connectivity index (χ2n) is 4.70. The molecule has 0 spiro atoms. The molecule has 19 heavy (non-hydrogen) atoms. The Morgan fingerprint density at radius 3 is 2.79 bits per heavy atom. The summed E-state index contributed by atoms with van der Waals surface area (Å²) >= 11 is 0. The standard InChI is InChI=1S/C14H14N2O3/c1-16-13(17)6-10(14(16)18)11-7-15-12-4-3-8(19-2)5-9(11)12/h3-5,7,10,15H,6H2,1-2H3. The number of hydrogen-bond donors (Lipinski definition) is 1. The quantitative estimate of drug-likeness (QED) is 0.833. The number of H-pyrrole nitrogens is 1. The molecule has 2 aromatic rings. The van der Waals surface area contributed by atoms with Crippen LogP contribution >= 0.6 is 0 Å². The number of nitrogens with one attached hydrogen (secondary N) is 1. The fourth-order valence-corrected chi connectivity index (χ4v) is 2.54. The molecule has 1 atom stereocenters. The van der Waals surface area contributed by atoms with E-state index in [0.717, 1.165) is 22.2 Å². The summed E-state index contributed by atoms with van der Waals surface area (Å²) in [5.74, 6) is 0.0674. The van der Waals surface area contributed by atoms with Crippen molar-refractivity contribution in [2.24, 2.45) is 0 Å². The lowest BCUT2D eigenvalue weighted by atomic mass is 9.97. The molecule has 5 heteroatoms. The highest BCUT2D eigenvalue weighted by atomic mass is 16.5. The minimum absolute atomic E-state index is 0.132. The van der Waals surface area contributed by atoms with Crippen LogP contribution in [0.5, 0.6) is 5.75 Å². The first-order valence-corrected chi connectivity index (χ1v) is 6.07. The molecule has 0 radical (unpaired) electrons. The van der Waals surface area contributed by atoms with Gasteiger partial charge in [0.15, 0.2) is 0 Å². The minimum Gasteiger partial charge on any atom is -0.497 e. The maximum absolute atomic E-state index is 12.1. The number of rotatable bonds is 2. The van der Waals surface area contributed by atoms with Crippen molar-refractivity contribution in [3.8, 4) is 5.75 Å². The summed E-state index contributed by atoms with van der Waals surface area (Å²) in [6.07, 6.45) is 2.04. The van der Waals surface area contributed by atoms with Crippen molar-refractivity contribution >= 4 is 22.7 Å². The van der Waals surface area contributed by atoms with E-state index in [1.54, 1.807) is 13.3 Å². The molecule has 0 saturated carbocycles. The summed E-state index contributed by atoms with van der Waals surface area (Å²) in [7, 11) is 3.13. The highest BCUT2D eigenvalue weighted by Crippen LogP contribution is 2.34. The predicted octanol–water partition coefficient (Wildman–Crippen LogP) is 1.65. The van der Waals surface area contributed by atoms with E-state index in [2.05, 4.69) is 4.98 Å². The van der Waals surface area contributed by atoms with Gasteiger partial charge in [0.2, 0.25) is 11.8 Å². The van der Waals surface area contributed by atoms with Crippen LogP contribution in [0.15, 0.2) is 24.4 Å². The van der Waals surface area contributed by atoms with Crippen molar-refractivity contribution in [2.75, 3.05) is 14.2 Å². The number of carbonyl (C=O) groups excluding carboxylic acids is 2. The monoisotopic (exact) mass is 258 g/mol. The first kappa shape index (κ1) is 11.8. The molecule has 1 aliphatic heterocycles. The van der Waals surface area contributed by atoms with Gasteiger partial charge in [-0.25, -0.2) is 0 Å². The number of benzene rings is 1. The zero-order valence-electron chi connectivity index (χ0n) is 10.8. The van der Waals surface area contributed by atoms with E-state index >= 15 is 0 Å². The molecule has 1 aromatic carbocycles. The molecule has 2 amide bonds. The Hall–Kier alpha value is -2.30. The Balaban J connectivity index is 2.10. The molecule has 5 nitrogen and oxygen atoms in total. The number of imide groups is 1. The second-order valence-corrected chi connectivity index (χ2v) is 4.70. The van der Waals surface area contributed by atoms with Crippen LogP contribution in [0, 0.1) is 0 Å². The average molecular weight is 258 g/mol. The lowest BCUT2D eigenvalue weighted by molar-refractivity contribution is -0.137. The summed E-state index contributed by atoms with van der Waals surface area (Å²) < 4.78 is 5.20. The smallest absolute Gasteiger partial charge is 0.237 e. The average Bonchev–Trinajstić information content (AvgIpc) is 2.94. The number of likely N-dealkylation sites (tertiary alicyclic amines) is 1. The third kappa shape index (κ3) is 1.69. The number of aromatic amines is 1. The van der Waals surface area contributed by atoms with Crippen LogP contribution in [-0.2, 0) is 9.59 Å². The van der Waals surface area contributed by atoms with Gasteiger partial charge in [0.1, 0.15) is 5.75 Å². The molecule has 1 aliphatic rings. The van der Waals surface area contributed by atoms with E-state index in [4.69, 9.17) is 4.74 Å². The van der Waals surface area contributed by atoms with Crippen LogP contribution in [0.25, 0.3) is 10.9 Å². The van der Waals surface area contributed by atoms with Crippen molar-refractivity contribution in [3.63, 3.8) is 0 Å². The molecule has 2 heterocycles. The Morgan fingerprint density at radius 2 is 2.16 bits per heavy atom. The highest BCUT2D eigenvalue weighted by molar-refractivity contribution is 6.07. The first-order valence-electron chi connectivity index (χ1n) is 6.07. The summed E-state index contributed by atoms with van der Waals surface area (Å²) in [5.41, 5.74) is 1.79. The highest BCUT2D eigenvalue weighted by Gasteiger charge is 2.38. The third-order valence-electron chi connectivity index (χ3n) is 3.68. The van der Waals surface area contributed by atoms with Gasteiger partial charge in [-0.2, -0.15) is 0 Å². The van der Waals surface area contributed by atoms with E-state index in [0.29, 0.717) is 0 Å². The lowest BCUT2D eigenvalue weighted by Gasteiger charge is -2.08. The molecule has 1 aromatic heterocycles. The van der Waals surface area contributed by atoms with Crippen LogP contribution in [-0.4, -0.2) is 35.9 Å². The van der Waals surface area contributed by atoms with Gasteiger partial charge >= 0.3 is 0 Å². The van der Waals surface area contributed by atoms with Crippen molar-refractivity contribution in [1.29, 1.82) is 0 Å². The molecule has 3 rings (SSSR count). The van der Waals surface area contributed by atoms with Crippen molar-refractivity contribution in [1.82, 2.24) is 9.88 Å². The Kier molecular flexibility index (Phi) is 2.55. The summed E-state index contributed by atoms with van der Waals surface area (Å²) in [6.45, 7) is 0. The van der Waals surface area contributed by atoms with E-state index in [1.165, 1.54) is 11.9 Å². The molecule has 1 saturated heterocycles. The van der Waals surface area contributed by atoms with Crippen LogP contribution in [0.3, 0.4) is 0 Å². The summed E-state index contributed by atoms with van der Waals surface area (Å²) in [6, 6.07) is 5.65. The van der Waals surface area contributed by atoms with E-state index in [-0.39, 0.29) is 18.2 Å². The van der Waals surface area contributed by atoms with Gasteiger partial charge in [-0.1, -0.05) is 0 Å². The van der Waals surface area contributed by atoms with Gasteiger partial charge in [-0.3, -0.25) is 14.5 Å². The topological polar surface area (TPSA) is 62.4 Å². The van der Waals surface area contributed by atoms with E-state index < -0.39 is 5.92 Å². The predicted molar refractivity (Wildman–Crippen MR) is 70.0 cm³/mol. The normalized spacial score (nSPS) is 19.5. The fourth-order valence-electron chi connectivity index (χ4n) is 2.54. The maximum Gasteiger partial charge on any atom is 0.237 e. The SMILES string of the molecule is COc1ccc2[nH]cc(C3CC(=O)N(C)C3=O)c2c1. The van der Waals surface area contributed by atoms with Gasteiger partial charge in [0.05, 0.1) is 13.0 Å². The molecular formula is C14H14N2O3. The number of aromatic nitrogens is 1. The number of hydrogen-bond acceptors (Lipinski definition) is 3. The molecule has 0 bridgehead atoms. The largest absolute Gasteiger partial charge is 0.497 e. The number of fused-ring (bicyclic) bond motifs is 1. The second kappa shape index (κ2) is 4.12. The van der Waals surface area contributed by atoms with Crippen LogP contribution in [0.1, 0.15) is 17.9 Å². The summed E-state index contributed by atoms with van der Waals surface area (Å²) in [5, 5.41) is 0.931. The van der Waals surface area contributed by atoms with Crippen LogP contribution in [0.4, 0.5) is 0 Å². The van der Waals surface area contributed by atoms with Crippen molar-refractivity contribution < 1.29 is 14.3 Å². The third-order valence-corrected chi connectivity index (χ3v) is 3.68. The lowest BCUT2D eigenvalue weighted by Crippen LogP contribution is -2.25. The Labute approximate surface area is 110 Å². The molecule has 1 N–H and O–H groups in total. The molecule has 1 unspecified atom stereocenters. The van der Waals surface area contributed by atoms with Gasteiger partial charge < -0.3 is 9.72 Å². The first-order chi connectivity index (χ1) is 9.11. The van der Waals surface area contributed by atoms with Gasteiger partial charge in [0.25, 0.3) is 0 Å². The van der Waals surface area contributed by atoms with Gasteiger partial charge in [-0.05, 0) is 23.8 Å². The molecule has 1 fully saturated rings.